The molecule has 0 saturated carbocycles. The van der Waals surface area contributed by atoms with Crippen molar-refractivity contribution in [1.29, 1.82) is 0 Å². The second kappa shape index (κ2) is 8.47. The Bertz CT molecular complexity index is 1100. The molecule has 1 aliphatic carbocycles. The van der Waals surface area contributed by atoms with Crippen LogP contribution >= 0.6 is 11.6 Å². The van der Waals surface area contributed by atoms with E-state index in [1.807, 2.05) is 4.90 Å². The van der Waals surface area contributed by atoms with Gasteiger partial charge in [-0.15, -0.1) is 0 Å². The maximum atomic E-state index is 14.8. The Morgan fingerprint density at radius 3 is 2.52 bits per heavy atom. The third kappa shape index (κ3) is 4.52. The second-order valence-electron chi connectivity index (χ2n) is 7.33. The first-order chi connectivity index (χ1) is 14.7. The van der Waals surface area contributed by atoms with Gasteiger partial charge >= 0.3 is 6.18 Å². The van der Waals surface area contributed by atoms with E-state index in [0.717, 1.165) is 18.2 Å². The van der Waals surface area contributed by atoms with E-state index in [1.54, 1.807) is 0 Å². The minimum absolute atomic E-state index is 0.0497. The first-order valence-corrected chi connectivity index (χ1v) is 10.1. The van der Waals surface area contributed by atoms with Crippen LogP contribution in [0.2, 0.25) is 5.02 Å². The van der Waals surface area contributed by atoms with Crippen LogP contribution in [0.25, 0.3) is 11.4 Å². The van der Waals surface area contributed by atoms with Crippen LogP contribution in [-0.2, 0) is 0 Å². The summed E-state index contributed by atoms with van der Waals surface area (Å²) >= 11 is 5.87. The van der Waals surface area contributed by atoms with Gasteiger partial charge in [-0.05, 0) is 24.6 Å². The summed E-state index contributed by atoms with van der Waals surface area (Å²) in [5, 5.41) is 3.39. The second-order valence-corrected chi connectivity index (χ2v) is 7.76. The zero-order chi connectivity index (χ0) is 22.2. The highest BCUT2D eigenvalue weighted by atomic mass is 35.5. The number of nitrogens with one attached hydrogen (secondary N) is 1. The lowest BCUT2D eigenvalue weighted by Gasteiger charge is -2.30. The fraction of sp³-hybridized carbons (Fsp3) is 0.333. The van der Waals surface area contributed by atoms with Gasteiger partial charge < -0.3 is 10.2 Å². The first-order valence-electron chi connectivity index (χ1n) is 9.74. The van der Waals surface area contributed by atoms with Gasteiger partial charge in [0, 0.05) is 37.3 Å². The summed E-state index contributed by atoms with van der Waals surface area (Å²) in [6.45, 7) is 2.68. The standard InChI is InChI=1S/C21H19ClF4N4O/c22-14-3-6-16(17(23)11-14)20-28-18(29-9-7-27-8-10-29)12-19(31)30(20)15-4-1-13(2-5-15)21(24,25)26/h1-4,6,11-12,15,27H,5,7-10H2. The molecule has 1 fully saturated rings. The maximum Gasteiger partial charge on any atom is 0.416 e. The van der Waals surface area contributed by atoms with Crippen LogP contribution in [0, 0.1) is 5.82 Å². The van der Waals surface area contributed by atoms with Gasteiger partial charge in [-0.1, -0.05) is 29.8 Å². The predicted molar refractivity (Wildman–Crippen MR) is 111 cm³/mol. The summed E-state index contributed by atoms with van der Waals surface area (Å²) in [6, 6.07) is 4.63. The molecule has 1 unspecified atom stereocenters. The molecule has 0 bridgehead atoms. The van der Waals surface area contributed by atoms with E-state index in [0.29, 0.717) is 32.0 Å². The Labute approximate surface area is 180 Å². The Kier molecular flexibility index (Phi) is 5.90. The minimum atomic E-state index is -4.47. The average molecular weight is 455 g/mol. The molecule has 1 atom stereocenters. The Balaban J connectivity index is 1.82. The third-order valence-corrected chi connectivity index (χ3v) is 5.52. The first kappa shape index (κ1) is 21.6. The van der Waals surface area contributed by atoms with Crippen molar-refractivity contribution < 1.29 is 17.6 Å². The Morgan fingerprint density at radius 1 is 1.16 bits per heavy atom. The van der Waals surface area contributed by atoms with E-state index in [-0.39, 0.29) is 22.8 Å². The SMILES string of the molecule is O=c1cc(N2CCNCC2)nc(-c2ccc(Cl)cc2F)n1C1C=CC(C(F)(F)F)=CC1. The minimum Gasteiger partial charge on any atom is -0.354 e. The van der Waals surface area contributed by atoms with Gasteiger partial charge in [-0.2, -0.15) is 13.2 Å². The highest BCUT2D eigenvalue weighted by Crippen LogP contribution is 2.34. The molecule has 2 aromatic rings. The number of benzene rings is 1. The highest BCUT2D eigenvalue weighted by molar-refractivity contribution is 6.30. The van der Waals surface area contributed by atoms with Crippen molar-refractivity contribution in [1.82, 2.24) is 14.9 Å². The fourth-order valence-electron chi connectivity index (χ4n) is 3.73. The lowest BCUT2D eigenvalue weighted by molar-refractivity contribution is -0.0887. The van der Waals surface area contributed by atoms with Crippen molar-refractivity contribution in [2.24, 2.45) is 0 Å². The van der Waals surface area contributed by atoms with Crippen LogP contribution in [0.4, 0.5) is 23.4 Å². The number of halogens is 5. The van der Waals surface area contributed by atoms with Crippen LogP contribution in [0.5, 0.6) is 0 Å². The highest BCUT2D eigenvalue weighted by Gasteiger charge is 2.33. The average Bonchev–Trinajstić information content (AvgIpc) is 2.73. The molecule has 1 aromatic carbocycles. The number of hydrogen-bond acceptors (Lipinski definition) is 4. The molecule has 1 N–H and O–H groups in total. The van der Waals surface area contributed by atoms with Crippen molar-refractivity contribution in [3.05, 3.63) is 69.3 Å². The summed E-state index contributed by atoms with van der Waals surface area (Å²) in [4.78, 5) is 19.6. The molecule has 2 aliphatic rings. The number of anilines is 1. The van der Waals surface area contributed by atoms with Crippen molar-refractivity contribution in [2.45, 2.75) is 18.6 Å². The number of piperazine rings is 1. The van der Waals surface area contributed by atoms with Crippen LogP contribution in [0.15, 0.2) is 52.9 Å². The summed E-state index contributed by atoms with van der Waals surface area (Å²) in [6.07, 6.45) is -1.27. The van der Waals surface area contributed by atoms with Gasteiger partial charge in [-0.25, -0.2) is 9.37 Å². The molecule has 31 heavy (non-hydrogen) atoms. The molecule has 10 heteroatoms. The molecule has 4 rings (SSSR count). The predicted octanol–water partition coefficient (Wildman–Crippen LogP) is 4.10. The fourth-order valence-corrected chi connectivity index (χ4v) is 3.89. The topological polar surface area (TPSA) is 50.2 Å². The van der Waals surface area contributed by atoms with Gasteiger partial charge in [0.05, 0.1) is 17.2 Å². The number of hydrogen-bond donors (Lipinski definition) is 1. The summed E-state index contributed by atoms with van der Waals surface area (Å²) in [5.74, 6) is -0.218. The molecule has 1 aromatic heterocycles. The van der Waals surface area contributed by atoms with E-state index in [1.165, 1.54) is 28.8 Å². The number of allylic oxidation sites excluding steroid dienone is 4. The van der Waals surface area contributed by atoms with Crippen molar-refractivity contribution in [3.63, 3.8) is 0 Å². The number of rotatable bonds is 3. The summed E-state index contributed by atoms with van der Waals surface area (Å²) in [7, 11) is 0. The summed E-state index contributed by atoms with van der Waals surface area (Å²) < 4.78 is 54.9. The van der Waals surface area contributed by atoms with Crippen LogP contribution in [0.3, 0.4) is 0 Å². The van der Waals surface area contributed by atoms with Crippen molar-refractivity contribution in [2.75, 3.05) is 31.1 Å². The molecule has 1 aliphatic heterocycles. The summed E-state index contributed by atoms with van der Waals surface area (Å²) in [5.41, 5.74) is -1.19. The van der Waals surface area contributed by atoms with E-state index in [4.69, 9.17) is 11.6 Å². The van der Waals surface area contributed by atoms with Gasteiger partial charge in [0.15, 0.2) is 0 Å². The zero-order valence-corrected chi connectivity index (χ0v) is 17.0. The van der Waals surface area contributed by atoms with E-state index < -0.39 is 29.2 Å². The molecule has 1 saturated heterocycles. The Hall–Kier alpha value is -2.65. The van der Waals surface area contributed by atoms with Crippen LogP contribution in [-0.4, -0.2) is 41.9 Å². The number of nitrogens with zero attached hydrogens (tertiary/aromatic N) is 3. The molecule has 0 spiro atoms. The van der Waals surface area contributed by atoms with Crippen LogP contribution in [0.1, 0.15) is 12.5 Å². The molecule has 0 radical (unpaired) electrons. The lowest BCUT2D eigenvalue weighted by Crippen LogP contribution is -2.44. The molecule has 2 heterocycles. The van der Waals surface area contributed by atoms with Gasteiger partial charge in [-0.3, -0.25) is 9.36 Å². The van der Waals surface area contributed by atoms with Gasteiger partial charge in [0.2, 0.25) is 0 Å². The normalized spacial score (nSPS) is 19.5. The largest absolute Gasteiger partial charge is 0.416 e. The smallest absolute Gasteiger partial charge is 0.354 e. The quantitative estimate of drug-likeness (QED) is 0.709. The van der Waals surface area contributed by atoms with E-state index in [2.05, 4.69) is 10.3 Å². The number of aromatic nitrogens is 2. The molecule has 0 amide bonds. The molecular weight excluding hydrogens is 436 g/mol. The number of alkyl halides is 3. The van der Waals surface area contributed by atoms with Crippen LogP contribution < -0.4 is 15.8 Å². The van der Waals surface area contributed by atoms with E-state index >= 15 is 0 Å². The zero-order valence-electron chi connectivity index (χ0n) is 16.3. The van der Waals surface area contributed by atoms with Crippen molar-refractivity contribution in [3.8, 4) is 11.4 Å². The molecule has 164 valence electrons. The van der Waals surface area contributed by atoms with E-state index in [9.17, 15) is 22.4 Å². The monoisotopic (exact) mass is 454 g/mol. The molecule has 5 nitrogen and oxygen atoms in total. The van der Waals surface area contributed by atoms with Gasteiger partial charge in [0.25, 0.3) is 5.56 Å². The maximum absolute atomic E-state index is 14.8. The van der Waals surface area contributed by atoms with Crippen molar-refractivity contribution >= 4 is 17.4 Å². The Morgan fingerprint density at radius 2 is 1.90 bits per heavy atom. The third-order valence-electron chi connectivity index (χ3n) is 5.29. The van der Waals surface area contributed by atoms with Gasteiger partial charge in [0.1, 0.15) is 17.5 Å². The lowest BCUT2D eigenvalue weighted by atomic mass is 10.0. The molecular formula is C21H19ClF4N4O.